The smallest absolute Gasteiger partial charge is 0.0488 e. The van der Waals surface area contributed by atoms with Crippen LogP contribution in [0.1, 0.15) is 34.7 Å². The first kappa shape index (κ1) is 17.5. The van der Waals surface area contributed by atoms with Crippen LogP contribution in [-0.4, -0.2) is 4.57 Å². The van der Waals surface area contributed by atoms with Gasteiger partial charge in [-0.15, -0.1) is 0 Å². The van der Waals surface area contributed by atoms with Crippen LogP contribution in [-0.2, 0) is 26.3 Å². The van der Waals surface area contributed by atoms with Gasteiger partial charge in [-0.25, -0.2) is 0 Å². The van der Waals surface area contributed by atoms with Gasteiger partial charge < -0.3 is 4.57 Å². The van der Waals surface area contributed by atoms with Crippen LogP contribution in [0, 0.1) is 0 Å². The topological polar surface area (TPSA) is 4.93 Å². The summed E-state index contributed by atoms with van der Waals surface area (Å²) in [6, 6.07) is 29.7. The quantitative estimate of drug-likeness (QED) is 0.306. The van der Waals surface area contributed by atoms with E-state index in [1.807, 2.05) is 0 Å². The Bertz CT molecular complexity index is 1430. The second-order valence-corrected chi connectivity index (χ2v) is 8.62. The highest BCUT2D eigenvalue weighted by atomic mass is 14.9. The highest BCUT2D eigenvalue weighted by Crippen LogP contribution is 2.38. The Morgan fingerprint density at radius 2 is 1.43 bits per heavy atom. The average molecular weight is 388 g/mol. The molecule has 0 aliphatic heterocycles. The third kappa shape index (κ3) is 2.62. The molecular formula is C29H25N. The highest BCUT2D eigenvalue weighted by molar-refractivity contribution is 6.08. The van der Waals surface area contributed by atoms with Crippen LogP contribution in [0.15, 0.2) is 78.9 Å². The molecule has 0 saturated heterocycles. The van der Waals surface area contributed by atoms with Crippen LogP contribution >= 0.6 is 0 Å². The zero-order chi connectivity index (χ0) is 20.2. The molecule has 0 amide bonds. The summed E-state index contributed by atoms with van der Waals surface area (Å²) < 4.78 is 2.30. The number of para-hydroxylation sites is 1. The molecule has 5 aromatic rings. The van der Waals surface area contributed by atoms with Crippen molar-refractivity contribution in [3.05, 3.63) is 107 Å². The predicted octanol–water partition coefficient (Wildman–Crippen LogP) is 7.06. The van der Waals surface area contributed by atoms with Crippen LogP contribution in [0.25, 0.3) is 32.9 Å². The lowest BCUT2D eigenvalue weighted by atomic mass is 9.98. The van der Waals surface area contributed by atoms with E-state index in [1.54, 1.807) is 0 Å². The molecule has 0 atom stereocenters. The van der Waals surface area contributed by atoms with Gasteiger partial charge in [-0.3, -0.25) is 0 Å². The summed E-state index contributed by atoms with van der Waals surface area (Å²) in [5, 5.41) is 2.69. The molecule has 0 fully saturated rings. The molecule has 0 N–H and O–H groups in total. The normalized spacial score (nSPS) is 12.5. The van der Waals surface area contributed by atoms with Gasteiger partial charge in [-0.2, -0.15) is 0 Å². The molecule has 6 rings (SSSR count). The number of benzene rings is 4. The predicted molar refractivity (Wildman–Crippen MR) is 127 cm³/mol. The molecule has 0 spiro atoms. The van der Waals surface area contributed by atoms with E-state index in [2.05, 4.69) is 97.4 Å². The maximum atomic E-state index is 2.42. The first-order chi connectivity index (χ1) is 14.7. The molecule has 1 aliphatic carbocycles. The Morgan fingerprint density at radius 3 is 2.33 bits per heavy atom. The van der Waals surface area contributed by atoms with E-state index in [1.165, 1.54) is 60.8 Å². The van der Waals surface area contributed by atoms with E-state index < -0.39 is 0 Å². The van der Waals surface area contributed by atoms with E-state index in [9.17, 15) is 0 Å². The molecule has 0 unspecified atom stereocenters. The van der Waals surface area contributed by atoms with Crippen LogP contribution in [0.4, 0.5) is 0 Å². The molecule has 0 bridgehead atoms. The highest BCUT2D eigenvalue weighted by Gasteiger charge is 2.19. The van der Waals surface area contributed by atoms with Crippen molar-refractivity contribution >= 4 is 21.8 Å². The molecular weight excluding hydrogens is 362 g/mol. The van der Waals surface area contributed by atoms with Crippen molar-refractivity contribution in [3.8, 4) is 11.1 Å². The fourth-order valence-electron chi connectivity index (χ4n) is 5.18. The van der Waals surface area contributed by atoms with Crippen LogP contribution in [0.5, 0.6) is 0 Å². The number of nitrogens with zero attached hydrogens (tertiary/aromatic N) is 1. The third-order valence-corrected chi connectivity index (χ3v) is 6.81. The Balaban J connectivity index is 1.37. The number of hydrogen-bond acceptors (Lipinski definition) is 0. The van der Waals surface area contributed by atoms with E-state index in [-0.39, 0.29) is 0 Å². The van der Waals surface area contributed by atoms with Crippen LogP contribution in [0.2, 0.25) is 0 Å². The summed E-state index contributed by atoms with van der Waals surface area (Å²) in [5.41, 5.74) is 12.6. The van der Waals surface area contributed by atoms with Crippen molar-refractivity contribution in [1.29, 1.82) is 0 Å². The van der Waals surface area contributed by atoms with Crippen molar-refractivity contribution in [3.63, 3.8) is 0 Å². The molecule has 1 heteroatoms. The van der Waals surface area contributed by atoms with Crippen molar-refractivity contribution in [2.45, 2.75) is 26.2 Å². The fourth-order valence-corrected chi connectivity index (χ4v) is 5.18. The van der Waals surface area contributed by atoms with Gasteiger partial charge in [-0.1, -0.05) is 67.6 Å². The zero-order valence-corrected chi connectivity index (χ0v) is 17.6. The van der Waals surface area contributed by atoms with E-state index in [4.69, 9.17) is 0 Å². The Kier molecular flexibility index (Phi) is 3.86. The number of rotatable bonds is 3. The van der Waals surface area contributed by atoms with Gasteiger partial charge >= 0.3 is 0 Å². The summed E-state index contributed by atoms with van der Waals surface area (Å²) in [6.07, 6.45) is 3.13. The van der Waals surface area contributed by atoms with Gasteiger partial charge in [0.25, 0.3) is 0 Å². The Hall–Kier alpha value is -3.32. The zero-order valence-electron chi connectivity index (χ0n) is 17.6. The van der Waals surface area contributed by atoms with Gasteiger partial charge in [0.2, 0.25) is 0 Å². The summed E-state index contributed by atoms with van der Waals surface area (Å²) in [7, 11) is 2.16. The molecule has 4 aromatic carbocycles. The molecule has 1 heterocycles. The van der Waals surface area contributed by atoms with Crippen molar-refractivity contribution < 1.29 is 0 Å². The van der Waals surface area contributed by atoms with Gasteiger partial charge in [-0.05, 0) is 76.4 Å². The molecule has 0 radical (unpaired) electrons. The molecule has 1 aliphatic rings. The second-order valence-electron chi connectivity index (χ2n) is 8.62. The number of hydrogen-bond donors (Lipinski definition) is 0. The first-order valence-corrected chi connectivity index (χ1v) is 10.9. The standard InChI is InChI=1S/C29H25N/c1-3-19-8-11-22-18-23-15-20(9-12-24(23)26(22)16-19)14-21-10-13-29-27(17-21)25-6-4-5-7-28(25)30(29)2/h4-13,15-17H,3,14,18H2,1-2H3. The van der Waals surface area contributed by atoms with Crippen LogP contribution < -0.4 is 0 Å². The molecule has 146 valence electrons. The summed E-state index contributed by atoms with van der Waals surface area (Å²) >= 11 is 0. The molecule has 1 aromatic heterocycles. The Labute approximate surface area is 177 Å². The monoisotopic (exact) mass is 387 g/mol. The van der Waals surface area contributed by atoms with E-state index in [0.717, 1.165) is 19.3 Å². The van der Waals surface area contributed by atoms with E-state index in [0.29, 0.717) is 0 Å². The average Bonchev–Trinajstić information content (AvgIpc) is 3.28. The van der Waals surface area contributed by atoms with Crippen molar-refractivity contribution in [2.24, 2.45) is 7.05 Å². The van der Waals surface area contributed by atoms with Crippen LogP contribution in [0.3, 0.4) is 0 Å². The number of aromatic nitrogens is 1. The van der Waals surface area contributed by atoms with Gasteiger partial charge in [0.05, 0.1) is 0 Å². The minimum Gasteiger partial charge on any atom is -0.344 e. The van der Waals surface area contributed by atoms with Gasteiger partial charge in [0, 0.05) is 28.9 Å². The second kappa shape index (κ2) is 6.60. The summed E-state index contributed by atoms with van der Waals surface area (Å²) in [5.74, 6) is 0. The van der Waals surface area contributed by atoms with E-state index >= 15 is 0 Å². The summed E-state index contributed by atoms with van der Waals surface area (Å²) in [4.78, 5) is 0. The van der Waals surface area contributed by atoms with Crippen molar-refractivity contribution in [2.75, 3.05) is 0 Å². The maximum Gasteiger partial charge on any atom is 0.0488 e. The Morgan fingerprint density at radius 1 is 0.667 bits per heavy atom. The fraction of sp³-hybridized carbons (Fsp3) is 0.172. The first-order valence-electron chi connectivity index (χ1n) is 10.9. The lowest BCUT2D eigenvalue weighted by Gasteiger charge is -2.07. The third-order valence-electron chi connectivity index (χ3n) is 6.81. The van der Waals surface area contributed by atoms with Gasteiger partial charge in [0.1, 0.15) is 0 Å². The maximum absolute atomic E-state index is 2.42. The molecule has 0 saturated carbocycles. The molecule has 1 nitrogen and oxygen atoms in total. The lowest BCUT2D eigenvalue weighted by Crippen LogP contribution is -1.91. The number of fused-ring (bicyclic) bond motifs is 6. The van der Waals surface area contributed by atoms with Crippen molar-refractivity contribution in [1.82, 2.24) is 4.57 Å². The lowest BCUT2D eigenvalue weighted by molar-refractivity contribution is 1.01. The van der Waals surface area contributed by atoms with Gasteiger partial charge in [0.15, 0.2) is 0 Å². The SMILES string of the molecule is CCc1ccc2c(c1)-c1ccc(Cc3ccc4c(c3)c3ccccc3n4C)cc1C2. The summed E-state index contributed by atoms with van der Waals surface area (Å²) in [6.45, 7) is 2.23. The molecule has 30 heavy (non-hydrogen) atoms. The largest absolute Gasteiger partial charge is 0.344 e. The minimum atomic E-state index is 0.975. The number of aryl methyl sites for hydroxylation is 2. The minimum absolute atomic E-state index is 0.975.